The molecule has 25 heavy (non-hydrogen) atoms. The fourth-order valence-electron chi connectivity index (χ4n) is 3.08. The number of halogens is 2. The van der Waals surface area contributed by atoms with E-state index in [0.29, 0.717) is 22.3 Å². The lowest BCUT2D eigenvalue weighted by Crippen LogP contribution is -2.44. The largest absolute Gasteiger partial charge is 0.311 e. The summed E-state index contributed by atoms with van der Waals surface area (Å²) in [5.74, 6) is -0.378. The molecule has 0 aromatic heterocycles. The van der Waals surface area contributed by atoms with E-state index >= 15 is 0 Å². The molecule has 2 aromatic rings. The first kappa shape index (κ1) is 17.8. The van der Waals surface area contributed by atoms with Gasteiger partial charge in [-0.1, -0.05) is 41.4 Å². The molecule has 1 heterocycles. The molecular formula is C19H18Cl2N2O2. The highest BCUT2D eigenvalue weighted by atomic mass is 35.5. The third-order valence-electron chi connectivity index (χ3n) is 4.29. The van der Waals surface area contributed by atoms with Gasteiger partial charge in [-0.3, -0.25) is 9.59 Å². The second-order valence-electron chi connectivity index (χ2n) is 5.98. The topological polar surface area (TPSA) is 40.6 Å². The Morgan fingerprint density at radius 1 is 1.16 bits per heavy atom. The summed E-state index contributed by atoms with van der Waals surface area (Å²) < 4.78 is 0. The molecule has 130 valence electrons. The standard InChI is InChI=1S/C19H18Cl2N2O2/c1-13(24)23(18-9-8-15(20)11-16(18)21)12-19(25)22-10-4-6-14-5-2-3-7-17(14)22/h2-3,5,7-9,11H,4,6,10,12H2,1H3. The molecule has 0 atom stereocenters. The van der Waals surface area contributed by atoms with Gasteiger partial charge < -0.3 is 9.80 Å². The maximum absolute atomic E-state index is 12.9. The summed E-state index contributed by atoms with van der Waals surface area (Å²) in [6.07, 6.45) is 1.86. The number of carbonyl (C=O) groups is 2. The van der Waals surface area contributed by atoms with E-state index < -0.39 is 0 Å². The van der Waals surface area contributed by atoms with Crippen molar-refractivity contribution in [3.63, 3.8) is 0 Å². The molecule has 3 rings (SSSR count). The summed E-state index contributed by atoms with van der Waals surface area (Å²) in [5, 5.41) is 0.822. The van der Waals surface area contributed by atoms with Gasteiger partial charge in [-0.15, -0.1) is 0 Å². The third kappa shape index (κ3) is 3.80. The van der Waals surface area contributed by atoms with E-state index in [0.717, 1.165) is 24.1 Å². The molecule has 0 N–H and O–H groups in total. The summed E-state index contributed by atoms with van der Waals surface area (Å²) in [5.41, 5.74) is 2.56. The number of anilines is 2. The van der Waals surface area contributed by atoms with E-state index in [2.05, 4.69) is 0 Å². The lowest BCUT2D eigenvalue weighted by molar-refractivity contribution is -0.121. The molecule has 2 aromatic carbocycles. The second kappa shape index (κ2) is 7.46. The van der Waals surface area contributed by atoms with Gasteiger partial charge in [0.15, 0.2) is 0 Å². The quantitative estimate of drug-likeness (QED) is 0.799. The van der Waals surface area contributed by atoms with Gasteiger partial charge in [0.05, 0.1) is 10.7 Å². The maximum Gasteiger partial charge on any atom is 0.247 e. The minimum absolute atomic E-state index is 0.0645. The van der Waals surface area contributed by atoms with Crippen molar-refractivity contribution in [1.82, 2.24) is 0 Å². The number of amides is 2. The van der Waals surface area contributed by atoms with Crippen LogP contribution >= 0.6 is 23.2 Å². The molecule has 0 fully saturated rings. The van der Waals surface area contributed by atoms with Gasteiger partial charge in [0.1, 0.15) is 6.54 Å². The Hall–Kier alpha value is -2.04. The van der Waals surface area contributed by atoms with E-state index in [1.54, 1.807) is 23.1 Å². The first-order valence-corrected chi connectivity index (χ1v) is 8.84. The van der Waals surface area contributed by atoms with Crippen molar-refractivity contribution in [2.75, 3.05) is 22.9 Å². The van der Waals surface area contributed by atoms with Crippen molar-refractivity contribution in [3.05, 3.63) is 58.1 Å². The molecule has 4 nitrogen and oxygen atoms in total. The fraction of sp³-hybridized carbons (Fsp3) is 0.263. The molecule has 1 aliphatic heterocycles. The summed E-state index contributed by atoms with van der Waals surface area (Å²) in [6, 6.07) is 12.7. The van der Waals surface area contributed by atoms with Crippen molar-refractivity contribution in [2.45, 2.75) is 19.8 Å². The van der Waals surface area contributed by atoms with Crippen LogP contribution in [0.15, 0.2) is 42.5 Å². The Kier molecular flexibility index (Phi) is 5.30. The zero-order valence-corrected chi connectivity index (χ0v) is 15.3. The molecule has 2 amide bonds. The summed E-state index contributed by atoms with van der Waals surface area (Å²) in [6.45, 7) is 2.00. The normalized spacial score (nSPS) is 13.3. The van der Waals surface area contributed by atoms with Gasteiger partial charge in [-0.05, 0) is 42.7 Å². The predicted molar refractivity (Wildman–Crippen MR) is 102 cm³/mol. The van der Waals surface area contributed by atoms with Crippen LogP contribution in [0.2, 0.25) is 10.0 Å². The number of rotatable bonds is 3. The van der Waals surface area contributed by atoms with Crippen molar-refractivity contribution in [2.24, 2.45) is 0 Å². The van der Waals surface area contributed by atoms with Gasteiger partial charge in [0.25, 0.3) is 0 Å². The second-order valence-corrected chi connectivity index (χ2v) is 6.82. The molecular weight excluding hydrogens is 359 g/mol. The van der Waals surface area contributed by atoms with Crippen LogP contribution < -0.4 is 9.80 Å². The average molecular weight is 377 g/mol. The van der Waals surface area contributed by atoms with Crippen LogP contribution in [0.5, 0.6) is 0 Å². The number of hydrogen-bond donors (Lipinski definition) is 0. The van der Waals surface area contributed by atoms with Crippen LogP contribution in [-0.2, 0) is 16.0 Å². The van der Waals surface area contributed by atoms with Crippen LogP contribution in [0.4, 0.5) is 11.4 Å². The minimum Gasteiger partial charge on any atom is -0.311 e. The van der Waals surface area contributed by atoms with Crippen molar-refractivity contribution in [1.29, 1.82) is 0 Å². The van der Waals surface area contributed by atoms with E-state index in [4.69, 9.17) is 23.2 Å². The van der Waals surface area contributed by atoms with Crippen LogP contribution in [0.1, 0.15) is 18.9 Å². The average Bonchev–Trinajstić information content (AvgIpc) is 2.59. The SMILES string of the molecule is CC(=O)N(CC(=O)N1CCCc2ccccc21)c1ccc(Cl)cc1Cl. The van der Waals surface area contributed by atoms with Crippen LogP contribution in [0.3, 0.4) is 0 Å². The van der Waals surface area contributed by atoms with E-state index in [1.165, 1.54) is 11.8 Å². The lowest BCUT2D eigenvalue weighted by Gasteiger charge is -2.31. The van der Waals surface area contributed by atoms with Gasteiger partial charge in [0.2, 0.25) is 11.8 Å². The molecule has 1 aliphatic rings. The third-order valence-corrected chi connectivity index (χ3v) is 4.82. The molecule has 0 unspecified atom stereocenters. The Morgan fingerprint density at radius 3 is 2.64 bits per heavy atom. The number of para-hydroxylation sites is 1. The van der Waals surface area contributed by atoms with E-state index in [9.17, 15) is 9.59 Å². The number of nitrogens with zero attached hydrogens (tertiary/aromatic N) is 2. The molecule has 0 aliphatic carbocycles. The molecule has 6 heteroatoms. The zero-order valence-electron chi connectivity index (χ0n) is 13.8. The van der Waals surface area contributed by atoms with Crippen molar-refractivity contribution in [3.8, 4) is 0 Å². The molecule has 0 radical (unpaired) electrons. The molecule has 0 spiro atoms. The first-order valence-electron chi connectivity index (χ1n) is 8.09. The van der Waals surface area contributed by atoms with Gasteiger partial charge in [0, 0.05) is 24.2 Å². The monoisotopic (exact) mass is 376 g/mol. The summed E-state index contributed by atoms with van der Waals surface area (Å²) in [7, 11) is 0. The highest BCUT2D eigenvalue weighted by molar-refractivity contribution is 6.36. The van der Waals surface area contributed by atoms with E-state index in [-0.39, 0.29) is 18.4 Å². The van der Waals surface area contributed by atoms with Crippen molar-refractivity contribution < 1.29 is 9.59 Å². The Morgan fingerprint density at radius 2 is 1.92 bits per heavy atom. The van der Waals surface area contributed by atoms with Crippen LogP contribution in [0, 0.1) is 0 Å². The van der Waals surface area contributed by atoms with Gasteiger partial charge in [-0.25, -0.2) is 0 Å². The Balaban J connectivity index is 1.86. The van der Waals surface area contributed by atoms with Crippen molar-refractivity contribution >= 4 is 46.4 Å². The Labute approximate surface area is 156 Å². The van der Waals surface area contributed by atoms with Crippen LogP contribution in [-0.4, -0.2) is 24.9 Å². The highest BCUT2D eigenvalue weighted by Crippen LogP contribution is 2.30. The smallest absolute Gasteiger partial charge is 0.247 e. The number of benzene rings is 2. The molecule has 0 saturated heterocycles. The Bertz CT molecular complexity index is 823. The number of hydrogen-bond acceptors (Lipinski definition) is 2. The van der Waals surface area contributed by atoms with Crippen LogP contribution in [0.25, 0.3) is 0 Å². The van der Waals surface area contributed by atoms with E-state index in [1.807, 2.05) is 24.3 Å². The van der Waals surface area contributed by atoms with Gasteiger partial charge >= 0.3 is 0 Å². The highest BCUT2D eigenvalue weighted by Gasteiger charge is 2.26. The molecule has 0 bridgehead atoms. The minimum atomic E-state index is -0.247. The number of fused-ring (bicyclic) bond motifs is 1. The summed E-state index contributed by atoms with van der Waals surface area (Å²) >= 11 is 12.1. The van der Waals surface area contributed by atoms with Gasteiger partial charge in [-0.2, -0.15) is 0 Å². The lowest BCUT2D eigenvalue weighted by atomic mass is 10.0. The number of aryl methyl sites for hydroxylation is 1. The predicted octanol–water partition coefficient (Wildman–Crippen LogP) is 4.33. The molecule has 0 saturated carbocycles. The zero-order chi connectivity index (χ0) is 18.0. The number of carbonyl (C=O) groups excluding carboxylic acids is 2. The summed E-state index contributed by atoms with van der Waals surface area (Å²) in [4.78, 5) is 28.1. The fourth-order valence-corrected chi connectivity index (χ4v) is 3.59. The first-order chi connectivity index (χ1) is 12.0. The maximum atomic E-state index is 12.9.